The lowest BCUT2D eigenvalue weighted by Crippen LogP contribution is -1.82. The van der Waals surface area contributed by atoms with Crippen LogP contribution in [0.1, 0.15) is 5.69 Å². The Morgan fingerprint density at radius 3 is 1.67 bits per heavy atom. The molecule has 0 atom stereocenters. The lowest BCUT2D eigenvalue weighted by atomic mass is 10.0. The average Bonchev–Trinajstić information content (AvgIpc) is 2.64. The fourth-order valence-corrected chi connectivity index (χ4v) is 2.63. The monoisotopic (exact) mass is 375 g/mol. The number of fused-ring (bicyclic) bond motifs is 1. The summed E-state index contributed by atoms with van der Waals surface area (Å²) in [5, 5.41) is 29.6. The quantitative estimate of drug-likeness (QED) is 0.442. The summed E-state index contributed by atoms with van der Waals surface area (Å²) < 4.78 is 0. The molecule has 3 aromatic carbocycles. The Morgan fingerprint density at radius 1 is 0.593 bits per heavy atom. The van der Waals surface area contributed by atoms with Gasteiger partial charge in [0, 0.05) is 22.2 Å². The van der Waals surface area contributed by atoms with E-state index in [0.717, 1.165) is 11.1 Å². The Hall–Kier alpha value is -3.00. The highest BCUT2D eigenvalue weighted by atomic mass is 27.0. The molecule has 3 N–H and O–H groups in total. The van der Waals surface area contributed by atoms with Gasteiger partial charge >= 0.3 is 0 Å². The Kier molecular flexibility index (Phi) is 6.84. The topological polar surface area (TPSA) is 73.6 Å². The van der Waals surface area contributed by atoms with Crippen molar-refractivity contribution in [3.63, 3.8) is 0 Å². The van der Waals surface area contributed by atoms with Gasteiger partial charge in [-0.3, -0.25) is 0 Å². The summed E-state index contributed by atoms with van der Waals surface area (Å²) >= 11 is 0. The number of benzene rings is 3. The Labute approximate surface area is 168 Å². The summed E-state index contributed by atoms with van der Waals surface area (Å²) in [5.41, 5.74) is 2.89. The third-order valence-corrected chi connectivity index (χ3v) is 3.94. The summed E-state index contributed by atoms with van der Waals surface area (Å²) in [4.78, 5) is 4.23. The summed E-state index contributed by atoms with van der Waals surface area (Å²) in [7, 11) is 0. The molecule has 0 unspecified atom stereocenters. The molecule has 136 valence electrons. The van der Waals surface area contributed by atoms with E-state index >= 15 is 0 Å². The van der Waals surface area contributed by atoms with E-state index in [9.17, 15) is 15.3 Å². The van der Waals surface area contributed by atoms with Gasteiger partial charge in [0.2, 0.25) is 0 Å². The van der Waals surface area contributed by atoms with Crippen LogP contribution < -0.4 is 0 Å². The SMILES string of the molecule is Cc1ccc2cccc(O)c2n1.Oc1ccccc1-c1ccccc1O.[AlH3]. The zero-order valence-corrected chi connectivity index (χ0v) is 14.3. The van der Waals surface area contributed by atoms with E-state index in [-0.39, 0.29) is 34.6 Å². The van der Waals surface area contributed by atoms with Crippen molar-refractivity contribution in [1.82, 2.24) is 4.98 Å². The number of hydrogen-bond donors (Lipinski definition) is 3. The molecule has 0 amide bonds. The summed E-state index contributed by atoms with van der Waals surface area (Å²) in [6, 6.07) is 23.2. The first-order chi connectivity index (χ1) is 12.6. The highest BCUT2D eigenvalue weighted by molar-refractivity contribution is 5.84. The first-order valence-corrected chi connectivity index (χ1v) is 8.18. The molecule has 0 radical (unpaired) electrons. The molecule has 4 nitrogen and oxygen atoms in total. The third kappa shape index (κ3) is 4.79. The number of hydrogen-bond acceptors (Lipinski definition) is 4. The molecule has 0 spiro atoms. The number of rotatable bonds is 1. The molecule has 1 aromatic heterocycles. The molecule has 0 aliphatic rings. The van der Waals surface area contributed by atoms with Crippen LogP contribution in [0.2, 0.25) is 0 Å². The largest absolute Gasteiger partial charge is 0.507 e. The van der Waals surface area contributed by atoms with Gasteiger partial charge < -0.3 is 15.3 Å². The molecule has 0 saturated heterocycles. The van der Waals surface area contributed by atoms with E-state index in [1.54, 1.807) is 42.5 Å². The van der Waals surface area contributed by atoms with Crippen LogP contribution in [0.5, 0.6) is 17.2 Å². The smallest absolute Gasteiger partial charge is 0.187 e. The van der Waals surface area contributed by atoms with Gasteiger partial charge in [-0.25, -0.2) is 4.98 Å². The molecule has 0 aliphatic heterocycles. The van der Waals surface area contributed by atoms with Crippen molar-refractivity contribution >= 4 is 28.3 Å². The minimum absolute atomic E-state index is 0. The maximum atomic E-state index is 9.58. The Bertz CT molecular complexity index is 1010. The molecular formula is C22H22AlNO3. The van der Waals surface area contributed by atoms with Crippen molar-refractivity contribution in [3.05, 3.63) is 84.6 Å². The molecular weight excluding hydrogens is 353 g/mol. The fraction of sp³-hybridized carbons (Fsp3) is 0.0455. The van der Waals surface area contributed by atoms with E-state index in [1.165, 1.54) is 0 Å². The minimum Gasteiger partial charge on any atom is -0.507 e. The summed E-state index contributed by atoms with van der Waals surface area (Å²) in [5.74, 6) is 0.596. The number of phenolic OH excluding ortho intramolecular Hbond substituents is 3. The van der Waals surface area contributed by atoms with Crippen LogP contribution in [0.3, 0.4) is 0 Å². The second-order valence-corrected chi connectivity index (χ2v) is 5.84. The molecule has 0 bridgehead atoms. The highest BCUT2D eigenvalue weighted by Crippen LogP contribution is 2.34. The van der Waals surface area contributed by atoms with E-state index in [4.69, 9.17) is 0 Å². The predicted molar refractivity (Wildman–Crippen MR) is 113 cm³/mol. The minimum atomic E-state index is 0. The van der Waals surface area contributed by atoms with Gasteiger partial charge in [-0.1, -0.05) is 54.6 Å². The zero-order valence-electron chi connectivity index (χ0n) is 14.3. The maximum Gasteiger partial charge on any atom is 0.187 e. The molecule has 4 aromatic rings. The van der Waals surface area contributed by atoms with Gasteiger partial charge in [0.1, 0.15) is 22.8 Å². The number of phenols is 3. The maximum absolute atomic E-state index is 9.58. The lowest BCUT2D eigenvalue weighted by molar-refractivity contribution is 0.469. The van der Waals surface area contributed by atoms with Gasteiger partial charge in [0.25, 0.3) is 0 Å². The number of pyridine rings is 1. The van der Waals surface area contributed by atoms with E-state index in [1.807, 2.05) is 43.3 Å². The van der Waals surface area contributed by atoms with Crippen LogP contribution >= 0.6 is 0 Å². The highest BCUT2D eigenvalue weighted by Gasteiger charge is 2.06. The molecule has 0 aliphatic carbocycles. The molecule has 5 heteroatoms. The number of aromatic nitrogens is 1. The van der Waals surface area contributed by atoms with Crippen molar-refractivity contribution < 1.29 is 15.3 Å². The predicted octanol–water partition coefficient (Wildman–Crippen LogP) is 3.83. The second-order valence-electron chi connectivity index (χ2n) is 5.84. The zero-order chi connectivity index (χ0) is 18.5. The number of para-hydroxylation sites is 3. The molecule has 4 rings (SSSR count). The van der Waals surface area contributed by atoms with Crippen molar-refractivity contribution in [2.75, 3.05) is 0 Å². The van der Waals surface area contributed by atoms with Crippen LogP contribution in [-0.4, -0.2) is 37.7 Å². The second kappa shape index (κ2) is 9.09. The summed E-state index contributed by atoms with van der Waals surface area (Å²) in [6.45, 7) is 1.91. The van der Waals surface area contributed by atoms with Gasteiger partial charge in [-0.15, -0.1) is 0 Å². The third-order valence-electron chi connectivity index (χ3n) is 3.94. The Morgan fingerprint density at radius 2 is 1.11 bits per heavy atom. The van der Waals surface area contributed by atoms with Crippen molar-refractivity contribution in [2.45, 2.75) is 6.92 Å². The standard InChI is InChI=1S/C12H10O2.C10H9NO.Al.3H/c13-11-7-3-1-5-9(11)10-6-2-4-8-12(10)14;1-7-5-6-8-3-2-4-9(12)10(8)11-7;;;;/h1-8,13-14H;2-6,12H,1H3;;;;. The van der Waals surface area contributed by atoms with E-state index < -0.39 is 0 Å². The van der Waals surface area contributed by atoms with Crippen LogP contribution in [0, 0.1) is 6.92 Å². The van der Waals surface area contributed by atoms with Crippen LogP contribution in [0.25, 0.3) is 22.0 Å². The van der Waals surface area contributed by atoms with Crippen molar-refractivity contribution in [3.8, 4) is 28.4 Å². The van der Waals surface area contributed by atoms with Crippen molar-refractivity contribution in [2.24, 2.45) is 0 Å². The van der Waals surface area contributed by atoms with Crippen LogP contribution in [0.4, 0.5) is 0 Å². The Balaban J connectivity index is 0.000000189. The van der Waals surface area contributed by atoms with E-state index in [0.29, 0.717) is 16.6 Å². The van der Waals surface area contributed by atoms with Gasteiger partial charge in [-0.2, -0.15) is 0 Å². The number of aromatic hydroxyl groups is 3. The molecule has 0 fully saturated rings. The lowest BCUT2D eigenvalue weighted by Gasteiger charge is -2.05. The van der Waals surface area contributed by atoms with E-state index in [2.05, 4.69) is 4.98 Å². The normalized spacial score (nSPS) is 9.81. The average molecular weight is 375 g/mol. The first-order valence-electron chi connectivity index (χ1n) is 8.18. The van der Waals surface area contributed by atoms with Gasteiger partial charge in [-0.05, 0) is 31.2 Å². The molecule has 1 heterocycles. The van der Waals surface area contributed by atoms with Gasteiger partial charge in [0.15, 0.2) is 17.4 Å². The fourth-order valence-electron chi connectivity index (χ4n) is 2.63. The number of nitrogens with zero attached hydrogens (tertiary/aromatic N) is 1. The summed E-state index contributed by atoms with van der Waals surface area (Å²) in [6.07, 6.45) is 0. The molecule has 27 heavy (non-hydrogen) atoms. The number of aryl methyl sites for hydroxylation is 1. The first kappa shape index (κ1) is 20.3. The van der Waals surface area contributed by atoms with Crippen LogP contribution in [-0.2, 0) is 0 Å². The molecule has 0 saturated carbocycles. The van der Waals surface area contributed by atoms with Crippen molar-refractivity contribution in [1.29, 1.82) is 0 Å². The van der Waals surface area contributed by atoms with Crippen LogP contribution in [0.15, 0.2) is 78.9 Å². The van der Waals surface area contributed by atoms with Gasteiger partial charge in [0.05, 0.1) is 0 Å².